The Bertz CT molecular complexity index is 1010. The standard InChI is InChI=1S/C18H16ClFN2O3.C6H6.CH5N/c1-25-17-5-2-11(10-21-17)18(24)22(6-7-23)16-4-3-13-14(16)8-12(19)9-15(13)20;1-2-4-6-5-3-1;1-2/h2,5,7-10,16H,3-4,6H2,1H3;1-6H;2H2,1H3. The monoisotopic (exact) mass is 471 g/mol. The molecule has 8 heteroatoms. The molecule has 3 aromatic rings. The number of methoxy groups -OCH3 is 1. The lowest BCUT2D eigenvalue weighted by Gasteiger charge is -2.28. The smallest absolute Gasteiger partial charge is 0.256 e. The van der Waals surface area contributed by atoms with Crippen LogP contribution in [0.3, 0.4) is 0 Å². The van der Waals surface area contributed by atoms with Gasteiger partial charge < -0.3 is 20.2 Å². The lowest BCUT2D eigenvalue weighted by molar-refractivity contribution is -0.108. The molecule has 33 heavy (non-hydrogen) atoms. The SMILES string of the molecule is CN.COc1ccc(C(=O)N(CC=O)C2CCc3c(F)cc(Cl)cc32)cn1.c1ccccc1. The van der Waals surface area contributed by atoms with Crippen LogP contribution in [-0.2, 0) is 11.2 Å². The minimum Gasteiger partial charge on any atom is -0.481 e. The number of aldehydes is 1. The summed E-state index contributed by atoms with van der Waals surface area (Å²) in [6, 6.07) is 17.7. The lowest BCUT2D eigenvalue weighted by atomic mass is 10.1. The van der Waals surface area contributed by atoms with Crippen LogP contribution in [0.15, 0.2) is 66.9 Å². The van der Waals surface area contributed by atoms with E-state index in [0.717, 1.165) is 0 Å². The van der Waals surface area contributed by atoms with Gasteiger partial charge >= 0.3 is 0 Å². The summed E-state index contributed by atoms with van der Waals surface area (Å²) in [6.45, 7) is -0.0941. The van der Waals surface area contributed by atoms with Crippen molar-refractivity contribution in [2.24, 2.45) is 5.73 Å². The molecule has 0 spiro atoms. The number of fused-ring (bicyclic) bond motifs is 1. The summed E-state index contributed by atoms with van der Waals surface area (Å²) < 4.78 is 19.1. The van der Waals surface area contributed by atoms with E-state index in [4.69, 9.17) is 16.3 Å². The Morgan fingerprint density at radius 1 is 1.21 bits per heavy atom. The largest absolute Gasteiger partial charge is 0.481 e. The molecule has 1 aromatic heterocycles. The third-order valence-electron chi connectivity index (χ3n) is 4.99. The number of hydrogen-bond acceptors (Lipinski definition) is 5. The average Bonchev–Trinajstić information content (AvgIpc) is 3.29. The van der Waals surface area contributed by atoms with Crippen LogP contribution in [0.25, 0.3) is 0 Å². The highest BCUT2D eigenvalue weighted by atomic mass is 35.5. The third kappa shape index (κ3) is 6.84. The van der Waals surface area contributed by atoms with Gasteiger partial charge in [0.15, 0.2) is 0 Å². The van der Waals surface area contributed by atoms with Gasteiger partial charge in [-0.2, -0.15) is 0 Å². The quantitative estimate of drug-likeness (QED) is 0.555. The fourth-order valence-electron chi connectivity index (χ4n) is 3.56. The molecule has 1 atom stereocenters. The third-order valence-corrected chi connectivity index (χ3v) is 5.21. The maximum atomic E-state index is 14.1. The number of rotatable bonds is 5. The van der Waals surface area contributed by atoms with Crippen LogP contribution in [0.1, 0.15) is 33.9 Å². The molecule has 0 fully saturated rings. The summed E-state index contributed by atoms with van der Waals surface area (Å²) in [5.74, 6) is -0.339. The van der Waals surface area contributed by atoms with Gasteiger partial charge in [-0.15, -0.1) is 0 Å². The van der Waals surface area contributed by atoms with E-state index in [0.29, 0.717) is 41.7 Å². The van der Waals surface area contributed by atoms with Crippen LogP contribution in [0.5, 0.6) is 5.88 Å². The molecule has 1 aliphatic rings. The lowest BCUT2D eigenvalue weighted by Crippen LogP contribution is -2.35. The Morgan fingerprint density at radius 2 is 1.85 bits per heavy atom. The van der Waals surface area contributed by atoms with Crippen molar-refractivity contribution >= 4 is 23.8 Å². The number of pyridine rings is 1. The minimum atomic E-state index is -0.400. The highest BCUT2D eigenvalue weighted by Gasteiger charge is 2.33. The molecule has 2 aromatic carbocycles. The van der Waals surface area contributed by atoms with E-state index >= 15 is 0 Å². The molecule has 0 saturated carbocycles. The van der Waals surface area contributed by atoms with E-state index in [9.17, 15) is 14.0 Å². The van der Waals surface area contributed by atoms with Gasteiger partial charge in [0.1, 0.15) is 12.1 Å². The highest BCUT2D eigenvalue weighted by Crippen LogP contribution is 2.39. The molecule has 174 valence electrons. The Hall–Kier alpha value is -3.29. The Kier molecular flexibility index (Phi) is 10.5. The molecule has 1 aliphatic carbocycles. The van der Waals surface area contributed by atoms with Gasteiger partial charge in [-0.05, 0) is 49.2 Å². The van der Waals surface area contributed by atoms with Gasteiger partial charge in [0, 0.05) is 17.3 Å². The van der Waals surface area contributed by atoms with Crippen molar-refractivity contribution in [1.82, 2.24) is 9.88 Å². The molecule has 0 saturated heterocycles. The summed E-state index contributed by atoms with van der Waals surface area (Å²) in [5, 5.41) is 0.271. The maximum Gasteiger partial charge on any atom is 0.256 e. The second kappa shape index (κ2) is 13.3. The first kappa shape index (κ1) is 26.0. The van der Waals surface area contributed by atoms with Crippen LogP contribution in [0, 0.1) is 5.82 Å². The van der Waals surface area contributed by atoms with Crippen LogP contribution in [0.4, 0.5) is 4.39 Å². The molecular formula is C25H27ClFN3O3. The van der Waals surface area contributed by atoms with Gasteiger partial charge in [-0.3, -0.25) is 4.79 Å². The summed E-state index contributed by atoms with van der Waals surface area (Å²) in [7, 11) is 2.98. The van der Waals surface area contributed by atoms with Crippen molar-refractivity contribution in [2.45, 2.75) is 18.9 Å². The second-order valence-corrected chi connectivity index (χ2v) is 7.31. The summed E-state index contributed by atoms with van der Waals surface area (Å²) in [5.41, 5.74) is 6.03. The number of hydrogen-bond donors (Lipinski definition) is 1. The second-order valence-electron chi connectivity index (χ2n) is 6.88. The number of carbonyl (C=O) groups excluding carboxylic acids is 2. The summed E-state index contributed by atoms with van der Waals surface area (Å²) in [4.78, 5) is 29.4. The Morgan fingerprint density at radius 3 is 2.36 bits per heavy atom. The number of nitrogens with two attached hydrogens (primary N) is 1. The number of aromatic nitrogens is 1. The van der Waals surface area contributed by atoms with Gasteiger partial charge in [-0.25, -0.2) is 9.37 Å². The maximum absolute atomic E-state index is 14.1. The first-order valence-electron chi connectivity index (χ1n) is 10.4. The van der Waals surface area contributed by atoms with Crippen molar-refractivity contribution in [2.75, 3.05) is 20.7 Å². The van der Waals surface area contributed by atoms with E-state index in [1.807, 2.05) is 36.4 Å². The van der Waals surface area contributed by atoms with Crippen molar-refractivity contribution < 1.29 is 18.7 Å². The number of benzene rings is 2. The predicted octanol–water partition coefficient (Wildman–Crippen LogP) is 4.47. The number of carbonyl (C=O) groups is 2. The zero-order valence-corrected chi connectivity index (χ0v) is 19.3. The fourth-order valence-corrected chi connectivity index (χ4v) is 3.77. The Labute approximate surface area is 198 Å². The van der Waals surface area contributed by atoms with Gasteiger partial charge in [0.2, 0.25) is 5.88 Å². The summed E-state index contributed by atoms with van der Waals surface area (Å²) in [6.07, 6.45) is 3.09. The zero-order chi connectivity index (χ0) is 24.2. The number of ether oxygens (including phenoxy) is 1. The number of nitrogens with zero attached hydrogens (tertiary/aromatic N) is 2. The van der Waals surface area contributed by atoms with Crippen molar-refractivity contribution in [3.8, 4) is 5.88 Å². The molecule has 1 amide bonds. The molecule has 1 unspecified atom stereocenters. The van der Waals surface area contributed by atoms with Crippen LogP contribution in [0.2, 0.25) is 5.02 Å². The Balaban J connectivity index is 0.000000411. The molecule has 0 aliphatic heterocycles. The normalized spacial score (nSPS) is 13.4. The highest BCUT2D eigenvalue weighted by molar-refractivity contribution is 6.30. The molecule has 2 N–H and O–H groups in total. The van der Waals surface area contributed by atoms with Crippen LogP contribution in [-0.4, -0.2) is 42.8 Å². The zero-order valence-electron chi connectivity index (χ0n) is 18.6. The van der Waals surface area contributed by atoms with Crippen molar-refractivity contribution in [3.05, 3.63) is 94.4 Å². The van der Waals surface area contributed by atoms with E-state index in [1.54, 1.807) is 18.2 Å². The number of halogens is 2. The molecule has 0 bridgehead atoms. The van der Waals surface area contributed by atoms with E-state index < -0.39 is 6.04 Å². The van der Waals surface area contributed by atoms with E-state index in [-0.39, 0.29) is 23.3 Å². The summed E-state index contributed by atoms with van der Waals surface area (Å²) >= 11 is 5.97. The number of amides is 1. The molecular weight excluding hydrogens is 445 g/mol. The van der Waals surface area contributed by atoms with Crippen molar-refractivity contribution in [3.63, 3.8) is 0 Å². The van der Waals surface area contributed by atoms with Gasteiger partial charge in [0.25, 0.3) is 5.91 Å². The van der Waals surface area contributed by atoms with Gasteiger partial charge in [0.05, 0.1) is 25.3 Å². The van der Waals surface area contributed by atoms with Crippen LogP contribution < -0.4 is 10.5 Å². The molecule has 0 radical (unpaired) electrons. The topological polar surface area (TPSA) is 85.5 Å². The fraction of sp³-hybridized carbons (Fsp3) is 0.240. The van der Waals surface area contributed by atoms with E-state index in [1.165, 1.54) is 31.3 Å². The van der Waals surface area contributed by atoms with Crippen molar-refractivity contribution in [1.29, 1.82) is 0 Å². The average molecular weight is 472 g/mol. The van der Waals surface area contributed by atoms with Crippen LogP contribution >= 0.6 is 11.6 Å². The van der Waals surface area contributed by atoms with E-state index in [2.05, 4.69) is 10.7 Å². The molecule has 6 nitrogen and oxygen atoms in total. The predicted molar refractivity (Wildman–Crippen MR) is 127 cm³/mol. The van der Waals surface area contributed by atoms with Gasteiger partial charge in [-0.1, -0.05) is 48.0 Å². The molecule has 1 heterocycles. The first-order valence-corrected chi connectivity index (χ1v) is 10.7. The minimum absolute atomic E-state index is 0.0941. The molecule has 4 rings (SSSR count). The first-order chi connectivity index (χ1) is 16.0.